The van der Waals surface area contributed by atoms with Crippen molar-refractivity contribution in [3.8, 4) is 0 Å². The second kappa shape index (κ2) is 8.08. The highest BCUT2D eigenvalue weighted by Crippen LogP contribution is 2.18. The lowest BCUT2D eigenvalue weighted by atomic mass is 10.0. The molecule has 22 heavy (non-hydrogen) atoms. The van der Waals surface area contributed by atoms with Gasteiger partial charge in [-0.3, -0.25) is 5.32 Å². The monoisotopic (exact) mass is 304 g/mol. The molecule has 2 aromatic rings. The Bertz CT molecular complexity index is 586. The van der Waals surface area contributed by atoms with E-state index in [1.165, 1.54) is 4.68 Å². The highest BCUT2D eigenvalue weighted by Gasteiger charge is 2.16. The molecule has 0 fully saturated rings. The smallest absolute Gasteiger partial charge is 0.322 e. The number of aliphatic hydroxyl groups is 1. The van der Waals surface area contributed by atoms with Crippen LogP contribution in [0.4, 0.5) is 10.7 Å². The van der Waals surface area contributed by atoms with E-state index in [0.717, 1.165) is 5.56 Å². The standard InChI is InChI=1S/C14H20N6O2/c1-2-20-13(17-18-19-20)16-14(22)15-12(9-6-10-21)11-7-4-3-5-8-11/h3-5,7-8,12,21H,2,6,9-10H2,1H3,(H2,15,16,17,19,22). The van der Waals surface area contributed by atoms with Gasteiger partial charge in [-0.25, -0.2) is 9.48 Å². The summed E-state index contributed by atoms with van der Waals surface area (Å²) in [5.41, 5.74) is 0.987. The Morgan fingerprint density at radius 1 is 1.36 bits per heavy atom. The maximum atomic E-state index is 12.1. The van der Waals surface area contributed by atoms with Gasteiger partial charge in [0.15, 0.2) is 0 Å². The third-order valence-electron chi connectivity index (χ3n) is 3.21. The van der Waals surface area contributed by atoms with Crippen molar-refractivity contribution in [1.29, 1.82) is 0 Å². The molecular formula is C14H20N6O2. The fourth-order valence-electron chi connectivity index (χ4n) is 2.11. The molecule has 8 nitrogen and oxygen atoms in total. The molecule has 0 radical (unpaired) electrons. The number of aromatic nitrogens is 4. The van der Waals surface area contributed by atoms with E-state index < -0.39 is 0 Å². The lowest BCUT2D eigenvalue weighted by Crippen LogP contribution is -2.33. The summed E-state index contributed by atoms with van der Waals surface area (Å²) in [7, 11) is 0. The highest BCUT2D eigenvalue weighted by molar-refractivity contribution is 5.87. The Labute approximate surface area is 128 Å². The minimum absolute atomic E-state index is 0.0840. The Hall–Kier alpha value is -2.48. The number of hydrogen-bond donors (Lipinski definition) is 3. The molecule has 0 aliphatic heterocycles. The van der Waals surface area contributed by atoms with E-state index in [4.69, 9.17) is 5.11 Å². The van der Waals surface area contributed by atoms with Gasteiger partial charge in [0.05, 0.1) is 6.04 Å². The molecule has 1 heterocycles. The van der Waals surface area contributed by atoms with Crippen LogP contribution in [0, 0.1) is 0 Å². The van der Waals surface area contributed by atoms with Crippen LogP contribution in [0.1, 0.15) is 31.4 Å². The van der Waals surface area contributed by atoms with Crippen LogP contribution < -0.4 is 10.6 Å². The summed E-state index contributed by atoms with van der Waals surface area (Å²) in [6.07, 6.45) is 1.25. The van der Waals surface area contributed by atoms with E-state index in [1.54, 1.807) is 0 Å². The first kappa shape index (κ1) is 15.9. The van der Waals surface area contributed by atoms with Crippen molar-refractivity contribution in [2.24, 2.45) is 0 Å². The first-order valence-electron chi connectivity index (χ1n) is 7.24. The molecule has 0 saturated heterocycles. The molecule has 0 saturated carbocycles. The molecule has 2 rings (SSSR count). The highest BCUT2D eigenvalue weighted by atomic mass is 16.3. The number of urea groups is 1. The van der Waals surface area contributed by atoms with Crippen molar-refractivity contribution in [2.45, 2.75) is 32.4 Å². The van der Waals surface area contributed by atoms with Crippen molar-refractivity contribution in [1.82, 2.24) is 25.5 Å². The molecule has 118 valence electrons. The van der Waals surface area contributed by atoms with Crippen LogP contribution in [-0.2, 0) is 6.54 Å². The molecule has 8 heteroatoms. The number of hydrogen-bond acceptors (Lipinski definition) is 5. The lowest BCUT2D eigenvalue weighted by molar-refractivity contribution is 0.243. The van der Waals surface area contributed by atoms with Gasteiger partial charge in [-0.1, -0.05) is 35.4 Å². The maximum absolute atomic E-state index is 12.1. The predicted octanol–water partition coefficient (Wildman–Crippen LogP) is 1.33. The van der Waals surface area contributed by atoms with E-state index in [9.17, 15) is 4.79 Å². The van der Waals surface area contributed by atoms with Crippen molar-refractivity contribution in [3.05, 3.63) is 35.9 Å². The molecule has 1 atom stereocenters. The minimum Gasteiger partial charge on any atom is -0.396 e. The number of nitrogens with zero attached hydrogens (tertiary/aromatic N) is 4. The molecule has 0 spiro atoms. The number of carbonyl (C=O) groups is 1. The zero-order chi connectivity index (χ0) is 15.8. The second-order valence-corrected chi connectivity index (χ2v) is 4.75. The second-order valence-electron chi connectivity index (χ2n) is 4.75. The van der Waals surface area contributed by atoms with Crippen LogP contribution in [0.25, 0.3) is 0 Å². The summed E-state index contributed by atoms with van der Waals surface area (Å²) >= 11 is 0. The molecule has 0 bridgehead atoms. The van der Waals surface area contributed by atoms with Crippen molar-refractivity contribution in [3.63, 3.8) is 0 Å². The maximum Gasteiger partial charge on any atom is 0.322 e. The van der Waals surface area contributed by atoms with Gasteiger partial charge in [-0.2, -0.15) is 0 Å². The Morgan fingerprint density at radius 3 is 2.82 bits per heavy atom. The molecular weight excluding hydrogens is 284 g/mol. The summed E-state index contributed by atoms with van der Waals surface area (Å²) in [5, 5.41) is 25.6. The predicted molar refractivity (Wildman–Crippen MR) is 81.1 cm³/mol. The SMILES string of the molecule is CCn1nnnc1NC(=O)NC(CCCO)c1ccccc1. The van der Waals surface area contributed by atoms with E-state index in [-0.39, 0.29) is 18.7 Å². The summed E-state index contributed by atoms with van der Waals surface area (Å²) in [6, 6.07) is 9.08. The summed E-state index contributed by atoms with van der Waals surface area (Å²) in [4.78, 5) is 12.1. The number of aryl methyl sites for hydroxylation is 1. The number of amides is 2. The van der Waals surface area contributed by atoms with Gasteiger partial charge in [0.1, 0.15) is 0 Å². The van der Waals surface area contributed by atoms with Crippen LogP contribution in [-0.4, -0.2) is 38.0 Å². The zero-order valence-electron chi connectivity index (χ0n) is 12.4. The van der Waals surface area contributed by atoms with Crippen molar-refractivity contribution in [2.75, 3.05) is 11.9 Å². The Morgan fingerprint density at radius 2 is 2.14 bits per heavy atom. The van der Waals surface area contributed by atoms with Gasteiger partial charge < -0.3 is 10.4 Å². The summed E-state index contributed by atoms with van der Waals surface area (Å²) in [6.45, 7) is 2.53. The third-order valence-corrected chi connectivity index (χ3v) is 3.21. The zero-order valence-corrected chi connectivity index (χ0v) is 12.4. The van der Waals surface area contributed by atoms with Gasteiger partial charge >= 0.3 is 6.03 Å². The molecule has 3 N–H and O–H groups in total. The number of nitrogens with one attached hydrogen (secondary N) is 2. The molecule has 0 aliphatic rings. The Balaban J connectivity index is 2.02. The van der Waals surface area contributed by atoms with E-state index in [0.29, 0.717) is 25.3 Å². The average molecular weight is 304 g/mol. The van der Waals surface area contributed by atoms with Gasteiger partial charge in [0, 0.05) is 13.2 Å². The van der Waals surface area contributed by atoms with Crippen LogP contribution >= 0.6 is 0 Å². The van der Waals surface area contributed by atoms with Crippen LogP contribution in [0.5, 0.6) is 0 Å². The minimum atomic E-state index is -0.378. The lowest BCUT2D eigenvalue weighted by Gasteiger charge is -2.19. The van der Waals surface area contributed by atoms with E-state index >= 15 is 0 Å². The van der Waals surface area contributed by atoms with Crippen LogP contribution in [0.15, 0.2) is 30.3 Å². The Kier molecular flexibility index (Phi) is 5.84. The fraction of sp³-hybridized carbons (Fsp3) is 0.429. The van der Waals surface area contributed by atoms with Gasteiger partial charge in [0.25, 0.3) is 5.95 Å². The van der Waals surface area contributed by atoms with Gasteiger partial charge in [-0.15, -0.1) is 0 Å². The number of benzene rings is 1. The van der Waals surface area contributed by atoms with Gasteiger partial charge in [0.2, 0.25) is 0 Å². The van der Waals surface area contributed by atoms with Gasteiger partial charge in [-0.05, 0) is 35.8 Å². The largest absolute Gasteiger partial charge is 0.396 e. The van der Waals surface area contributed by atoms with E-state index in [2.05, 4.69) is 26.2 Å². The normalized spacial score (nSPS) is 11.9. The fourth-order valence-corrected chi connectivity index (χ4v) is 2.11. The molecule has 1 aromatic carbocycles. The quantitative estimate of drug-likeness (QED) is 0.715. The number of rotatable bonds is 7. The molecule has 1 aromatic heterocycles. The first-order chi connectivity index (χ1) is 10.7. The third kappa shape index (κ3) is 4.26. The summed E-state index contributed by atoms with van der Waals surface area (Å²) < 4.78 is 1.49. The number of aliphatic hydroxyl groups excluding tert-OH is 1. The number of anilines is 1. The number of tetrazole rings is 1. The molecule has 2 amide bonds. The first-order valence-corrected chi connectivity index (χ1v) is 7.24. The molecule has 0 aliphatic carbocycles. The topological polar surface area (TPSA) is 105 Å². The van der Waals surface area contributed by atoms with Crippen LogP contribution in [0.3, 0.4) is 0 Å². The summed E-state index contributed by atoms with van der Waals surface area (Å²) in [5.74, 6) is 0.300. The number of carbonyl (C=O) groups excluding carboxylic acids is 1. The van der Waals surface area contributed by atoms with E-state index in [1.807, 2.05) is 37.3 Å². The van der Waals surface area contributed by atoms with Crippen LogP contribution in [0.2, 0.25) is 0 Å². The van der Waals surface area contributed by atoms with Crippen molar-refractivity contribution >= 4 is 12.0 Å². The molecule has 1 unspecified atom stereocenters. The van der Waals surface area contributed by atoms with Crippen molar-refractivity contribution < 1.29 is 9.90 Å². The average Bonchev–Trinajstić information content (AvgIpc) is 2.99.